The zero-order valence-electron chi connectivity index (χ0n) is 6.65. The summed E-state index contributed by atoms with van der Waals surface area (Å²) >= 11 is 0. The average molecular weight is 196 g/mol. The van der Waals surface area contributed by atoms with Gasteiger partial charge in [-0.05, 0) is 6.42 Å². The Labute approximate surface area is 70.9 Å². The van der Waals surface area contributed by atoms with Crippen LogP contribution in [0.4, 0.5) is 0 Å². The highest BCUT2D eigenvalue weighted by atomic mass is 32.2. The van der Waals surface area contributed by atoms with Crippen LogP contribution in [0.2, 0.25) is 0 Å². The van der Waals surface area contributed by atoms with Gasteiger partial charge in [0, 0.05) is 6.04 Å². The predicted octanol–water partition coefficient (Wildman–Crippen LogP) is -0.967. The van der Waals surface area contributed by atoms with E-state index in [0.717, 1.165) is 0 Å². The first-order valence-corrected chi connectivity index (χ1v) is 4.91. The lowest BCUT2D eigenvalue weighted by Gasteiger charge is -2.11. The second-order valence-corrected chi connectivity index (χ2v) is 3.69. The molecule has 0 aromatic carbocycles. The molecule has 0 saturated heterocycles. The molecule has 0 amide bonds. The third kappa shape index (κ3) is 6.08. The molecule has 0 aromatic rings. The minimum atomic E-state index is -3.79. The summed E-state index contributed by atoms with van der Waals surface area (Å²) < 4.78 is 22.9. The molecule has 0 fully saturated rings. The Morgan fingerprint density at radius 1 is 1.67 bits per heavy atom. The number of carboxylic acid groups (broad SMARTS) is 1. The Balaban J connectivity index is 4.10. The number of aliphatic carboxylic acids is 1. The first-order valence-electron chi connectivity index (χ1n) is 3.37. The van der Waals surface area contributed by atoms with Gasteiger partial charge in [0.15, 0.2) is 0 Å². The summed E-state index contributed by atoms with van der Waals surface area (Å²) in [6.45, 7) is 1.67. The van der Waals surface area contributed by atoms with Crippen molar-refractivity contribution >= 4 is 16.2 Å². The Hall–Kier alpha value is -0.660. The fourth-order valence-corrected chi connectivity index (χ4v) is 1.43. The number of hydrogen-bond acceptors (Lipinski definition) is 3. The molecule has 0 rings (SSSR count). The second kappa shape index (κ2) is 4.39. The molecule has 0 aromatic heterocycles. The Morgan fingerprint density at radius 2 is 2.17 bits per heavy atom. The van der Waals surface area contributed by atoms with Crippen LogP contribution in [0.25, 0.3) is 0 Å². The fourth-order valence-electron chi connectivity index (χ4n) is 0.712. The van der Waals surface area contributed by atoms with Crippen molar-refractivity contribution in [3.05, 3.63) is 0 Å². The third-order valence-corrected chi connectivity index (χ3v) is 1.91. The quantitative estimate of drug-likeness (QED) is 0.525. The van der Waals surface area contributed by atoms with Gasteiger partial charge in [-0.3, -0.25) is 4.79 Å². The van der Waals surface area contributed by atoms with Crippen molar-refractivity contribution in [2.24, 2.45) is 5.14 Å². The van der Waals surface area contributed by atoms with Gasteiger partial charge in [0.05, 0.1) is 6.42 Å². The molecule has 0 spiro atoms. The summed E-state index contributed by atoms with van der Waals surface area (Å²) in [6.07, 6.45) is 0.135. The zero-order chi connectivity index (χ0) is 9.78. The first kappa shape index (κ1) is 11.3. The Morgan fingerprint density at radius 3 is 2.42 bits per heavy atom. The van der Waals surface area contributed by atoms with Crippen molar-refractivity contribution in [1.82, 2.24) is 4.72 Å². The molecule has 0 heterocycles. The van der Waals surface area contributed by atoms with E-state index in [1.807, 2.05) is 4.72 Å². The van der Waals surface area contributed by atoms with Crippen molar-refractivity contribution in [3.8, 4) is 0 Å². The van der Waals surface area contributed by atoms with E-state index in [4.69, 9.17) is 5.11 Å². The number of rotatable bonds is 5. The van der Waals surface area contributed by atoms with E-state index in [1.54, 1.807) is 6.92 Å². The van der Waals surface area contributed by atoms with E-state index in [-0.39, 0.29) is 6.42 Å². The van der Waals surface area contributed by atoms with E-state index in [9.17, 15) is 13.2 Å². The minimum absolute atomic E-state index is 0.257. The van der Waals surface area contributed by atoms with Crippen LogP contribution in [-0.2, 0) is 15.0 Å². The maximum absolute atomic E-state index is 10.5. The number of carboxylic acids is 1. The van der Waals surface area contributed by atoms with Gasteiger partial charge >= 0.3 is 5.97 Å². The van der Waals surface area contributed by atoms with Gasteiger partial charge in [-0.15, -0.1) is 0 Å². The molecule has 4 N–H and O–H groups in total. The molecule has 0 aliphatic rings. The van der Waals surface area contributed by atoms with Crippen LogP contribution in [0.1, 0.15) is 19.8 Å². The molecule has 0 bridgehead atoms. The normalized spacial score (nSPS) is 14.2. The number of nitrogens with one attached hydrogen (secondary N) is 1. The van der Waals surface area contributed by atoms with Crippen molar-refractivity contribution in [3.63, 3.8) is 0 Å². The molecule has 72 valence electrons. The smallest absolute Gasteiger partial charge is 0.304 e. The second-order valence-electron chi connectivity index (χ2n) is 2.37. The number of nitrogens with two attached hydrogens (primary N) is 1. The topological polar surface area (TPSA) is 109 Å². The lowest BCUT2D eigenvalue weighted by molar-refractivity contribution is -0.137. The highest BCUT2D eigenvalue weighted by Gasteiger charge is 2.15. The van der Waals surface area contributed by atoms with Crippen molar-refractivity contribution in [2.45, 2.75) is 25.8 Å². The van der Waals surface area contributed by atoms with Gasteiger partial charge < -0.3 is 5.11 Å². The molecule has 1 atom stereocenters. The van der Waals surface area contributed by atoms with Gasteiger partial charge in [0.1, 0.15) is 0 Å². The first-order chi connectivity index (χ1) is 5.35. The SMILES string of the molecule is CCC(CC(=O)O)NS(N)(=O)=O. The minimum Gasteiger partial charge on any atom is -0.481 e. The molecule has 12 heavy (non-hydrogen) atoms. The predicted molar refractivity (Wildman–Crippen MR) is 42.6 cm³/mol. The summed E-state index contributed by atoms with van der Waals surface area (Å²) in [5, 5.41) is 13.0. The van der Waals surface area contributed by atoms with E-state index in [0.29, 0.717) is 6.42 Å². The monoisotopic (exact) mass is 196 g/mol. The van der Waals surface area contributed by atoms with Crippen LogP contribution >= 0.6 is 0 Å². The molecular formula is C5H12N2O4S. The zero-order valence-corrected chi connectivity index (χ0v) is 7.47. The van der Waals surface area contributed by atoms with Crippen LogP contribution in [0.5, 0.6) is 0 Å². The molecular weight excluding hydrogens is 184 g/mol. The van der Waals surface area contributed by atoms with E-state index < -0.39 is 22.2 Å². The van der Waals surface area contributed by atoms with Crippen molar-refractivity contribution in [1.29, 1.82) is 0 Å². The molecule has 0 radical (unpaired) electrons. The maximum atomic E-state index is 10.5. The molecule has 0 aliphatic carbocycles. The van der Waals surface area contributed by atoms with Gasteiger partial charge in [-0.2, -0.15) is 13.1 Å². The molecule has 6 nitrogen and oxygen atoms in total. The maximum Gasteiger partial charge on any atom is 0.304 e. The van der Waals surface area contributed by atoms with Gasteiger partial charge in [0.25, 0.3) is 10.2 Å². The van der Waals surface area contributed by atoms with Gasteiger partial charge in [0.2, 0.25) is 0 Å². The van der Waals surface area contributed by atoms with E-state index in [1.165, 1.54) is 0 Å². The highest BCUT2D eigenvalue weighted by Crippen LogP contribution is 1.97. The lowest BCUT2D eigenvalue weighted by atomic mass is 10.2. The summed E-state index contributed by atoms with van der Waals surface area (Å²) in [4.78, 5) is 10.2. The van der Waals surface area contributed by atoms with Crippen LogP contribution in [-0.4, -0.2) is 25.5 Å². The summed E-state index contributed by atoms with van der Waals surface area (Å²) in [5.74, 6) is -1.06. The summed E-state index contributed by atoms with van der Waals surface area (Å²) in [6, 6.07) is -0.627. The molecule has 7 heteroatoms. The van der Waals surface area contributed by atoms with Crippen LogP contribution in [0, 0.1) is 0 Å². The molecule has 0 saturated carbocycles. The summed E-state index contributed by atoms with van der Waals surface area (Å²) in [5.41, 5.74) is 0. The van der Waals surface area contributed by atoms with Crippen molar-refractivity contribution in [2.75, 3.05) is 0 Å². The van der Waals surface area contributed by atoms with Crippen LogP contribution < -0.4 is 9.86 Å². The van der Waals surface area contributed by atoms with E-state index >= 15 is 0 Å². The fraction of sp³-hybridized carbons (Fsp3) is 0.800. The Bertz CT molecular complexity index is 248. The highest BCUT2D eigenvalue weighted by molar-refractivity contribution is 7.87. The third-order valence-electron chi connectivity index (χ3n) is 1.24. The average Bonchev–Trinajstić information content (AvgIpc) is 1.82. The van der Waals surface area contributed by atoms with Crippen LogP contribution in [0.3, 0.4) is 0 Å². The number of carbonyl (C=O) groups is 1. The Kier molecular flexibility index (Phi) is 4.15. The largest absolute Gasteiger partial charge is 0.481 e. The molecule has 0 aliphatic heterocycles. The lowest BCUT2D eigenvalue weighted by Crippen LogP contribution is -2.40. The van der Waals surface area contributed by atoms with Gasteiger partial charge in [-0.1, -0.05) is 6.92 Å². The van der Waals surface area contributed by atoms with Crippen LogP contribution in [0.15, 0.2) is 0 Å². The number of hydrogen-bond donors (Lipinski definition) is 3. The van der Waals surface area contributed by atoms with Crippen molar-refractivity contribution < 1.29 is 18.3 Å². The van der Waals surface area contributed by atoms with E-state index in [2.05, 4.69) is 5.14 Å². The standard InChI is InChI=1S/C5H12N2O4S/c1-2-4(3-5(8)9)7-12(6,10)11/h4,7H,2-3H2,1H3,(H,8,9)(H2,6,10,11). The summed E-state index contributed by atoms with van der Waals surface area (Å²) in [7, 11) is -3.79. The molecule has 1 unspecified atom stereocenters. The van der Waals surface area contributed by atoms with Gasteiger partial charge in [-0.25, -0.2) is 5.14 Å².